The second-order valence-electron chi connectivity index (χ2n) is 6.00. The van der Waals surface area contributed by atoms with Crippen LogP contribution in [0.3, 0.4) is 0 Å². The molecular formula is C19H21NO7S. The maximum atomic E-state index is 13.5. The zero-order chi connectivity index (χ0) is 20.5. The SMILES string of the molecule is COC(=O)CC1c2cc(OC)c(OC)c(OC)c2S(=O)(=O)N1c1ccccc1. The standard InChI is InChI=1S/C19H21NO7S/c1-24-15-10-13-14(11-16(21)25-2)20(12-8-6-5-7-9-12)28(22,23)19(13)18(27-4)17(15)26-3/h5-10,14H,11H2,1-4H3. The van der Waals surface area contributed by atoms with Crippen molar-refractivity contribution in [2.75, 3.05) is 32.7 Å². The van der Waals surface area contributed by atoms with E-state index in [4.69, 9.17) is 18.9 Å². The number of para-hydroxylation sites is 1. The van der Waals surface area contributed by atoms with Gasteiger partial charge in [0.2, 0.25) is 5.75 Å². The summed E-state index contributed by atoms with van der Waals surface area (Å²) in [6.07, 6.45) is -0.170. The molecule has 0 fully saturated rings. The van der Waals surface area contributed by atoms with E-state index in [0.29, 0.717) is 17.0 Å². The van der Waals surface area contributed by atoms with Crippen LogP contribution >= 0.6 is 0 Å². The molecule has 0 bridgehead atoms. The summed E-state index contributed by atoms with van der Waals surface area (Å²) in [6.45, 7) is 0. The molecule has 0 aliphatic carbocycles. The Hall–Kier alpha value is -2.94. The number of ether oxygens (including phenoxy) is 4. The van der Waals surface area contributed by atoms with Gasteiger partial charge in [0.15, 0.2) is 11.5 Å². The molecule has 0 saturated carbocycles. The number of nitrogens with zero attached hydrogens (tertiary/aromatic N) is 1. The van der Waals surface area contributed by atoms with Gasteiger partial charge in [0.05, 0.1) is 46.6 Å². The van der Waals surface area contributed by atoms with Crippen LogP contribution in [0, 0.1) is 0 Å². The van der Waals surface area contributed by atoms with Gasteiger partial charge in [-0.2, -0.15) is 0 Å². The Kier molecular flexibility index (Phi) is 5.37. The Morgan fingerprint density at radius 2 is 1.64 bits per heavy atom. The fraction of sp³-hybridized carbons (Fsp3) is 0.316. The van der Waals surface area contributed by atoms with Crippen LogP contribution in [0.5, 0.6) is 17.2 Å². The third-order valence-corrected chi connectivity index (χ3v) is 6.49. The number of sulfonamides is 1. The van der Waals surface area contributed by atoms with Crippen molar-refractivity contribution in [3.63, 3.8) is 0 Å². The molecule has 2 aromatic carbocycles. The molecule has 28 heavy (non-hydrogen) atoms. The number of benzene rings is 2. The highest BCUT2D eigenvalue weighted by molar-refractivity contribution is 7.93. The normalized spacial score (nSPS) is 17.0. The van der Waals surface area contributed by atoms with Crippen molar-refractivity contribution in [2.45, 2.75) is 17.4 Å². The van der Waals surface area contributed by atoms with E-state index in [9.17, 15) is 13.2 Å². The molecule has 8 nitrogen and oxygen atoms in total. The predicted octanol–water partition coefficient (Wildman–Crippen LogP) is 2.53. The quantitative estimate of drug-likeness (QED) is 0.680. The van der Waals surface area contributed by atoms with E-state index in [-0.39, 0.29) is 22.8 Å². The molecule has 1 unspecified atom stereocenters. The van der Waals surface area contributed by atoms with Crippen LogP contribution in [-0.2, 0) is 19.6 Å². The largest absolute Gasteiger partial charge is 0.493 e. The van der Waals surface area contributed by atoms with E-state index in [1.165, 1.54) is 32.7 Å². The highest BCUT2D eigenvalue weighted by Gasteiger charge is 2.48. The summed E-state index contributed by atoms with van der Waals surface area (Å²) in [5.74, 6) is -0.0370. The van der Waals surface area contributed by atoms with Gasteiger partial charge in [-0.15, -0.1) is 0 Å². The third kappa shape index (κ3) is 3.01. The number of anilines is 1. The lowest BCUT2D eigenvalue weighted by Crippen LogP contribution is -2.29. The van der Waals surface area contributed by atoms with E-state index < -0.39 is 22.0 Å². The van der Waals surface area contributed by atoms with Gasteiger partial charge in [0, 0.05) is 5.56 Å². The van der Waals surface area contributed by atoms with Gasteiger partial charge in [-0.25, -0.2) is 8.42 Å². The molecule has 0 N–H and O–H groups in total. The highest BCUT2D eigenvalue weighted by atomic mass is 32.2. The van der Waals surface area contributed by atoms with E-state index in [2.05, 4.69) is 0 Å². The lowest BCUT2D eigenvalue weighted by atomic mass is 10.0. The van der Waals surface area contributed by atoms with Gasteiger partial charge < -0.3 is 18.9 Å². The molecule has 3 rings (SSSR count). The van der Waals surface area contributed by atoms with Crippen molar-refractivity contribution in [3.8, 4) is 17.2 Å². The molecule has 0 radical (unpaired) electrons. The molecular weight excluding hydrogens is 386 g/mol. The predicted molar refractivity (Wildman–Crippen MR) is 102 cm³/mol. The van der Waals surface area contributed by atoms with Crippen LogP contribution in [0.25, 0.3) is 0 Å². The average molecular weight is 407 g/mol. The van der Waals surface area contributed by atoms with Crippen LogP contribution in [-0.4, -0.2) is 42.8 Å². The molecule has 1 heterocycles. The number of carbonyl (C=O) groups excluding carboxylic acids is 1. The maximum Gasteiger partial charge on any atom is 0.307 e. The maximum absolute atomic E-state index is 13.5. The number of hydrogen-bond acceptors (Lipinski definition) is 7. The molecule has 1 atom stereocenters. The molecule has 0 saturated heterocycles. The van der Waals surface area contributed by atoms with Crippen molar-refractivity contribution in [3.05, 3.63) is 42.0 Å². The fourth-order valence-corrected chi connectivity index (χ4v) is 5.40. The molecule has 0 aromatic heterocycles. The van der Waals surface area contributed by atoms with E-state index in [1.807, 2.05) is 0 Å². The number of hydrogen-bond donors (Lipinski definition) is 0. The zero-order valence-corrected chi connectivity index (χ0v) is 16.8. The minimum absolute atomic E-state index is 0.0325. The van der Waals surface area contributed by atoms with Crippen molar-refractivity contribution in [1.29, 1.82) is 0 Å². The number of methoxy groups -OCH3 is 4. The molecule has 1 aliphatic rings. The van der Waals surface area contributed by atoms with Crippen LogP contribution in [0.4, 0.5) is 5.69 Å². The smallest absolute Gasteiger partial charge is 0.307 e. The van der Waals surface area contributed by atoms with Gasteiger partial charge in [-0.05, 0) is 18.2 Å². The summed E-state index contributed by atoms with van der Waals surface area (Å²) in [7, 11) is 1.42. The van der Waals surface area contributed by atoms with Crippen molar-refractivity contribution < 1.29 is 32.2 Å². The molecule has 150 valence electrons. The van der Waals surface area contributed by atoms with Crippen LogP contribution in [0.1, 0.15) is 18.0 Å². The minimum atomic E-state index is -4.04. The Morgan fingerprint density at radius 1 is 1.00 bits per heavy atom. The second kappa shape index (κ2) is 7.59. The monoisotopic (exact) mass is 407 g/mol. The Morgan fingerprint density at radius 3 is 2.18 bits per heavy atom. The first-order valence-electron chi connectivity index (χ1n) is 8.39. The lowest BCUT2D eigenvalue weighted by Gasteiger charge is -2.24. The minimum Gasteiger partial charge on any atom is -0.493 e. The number of carbonyl (C=O) groups is 1. The van der Waals surface area contributed by atoms with Crippen LogP contribution < -0.4 is 18.5 Å². The molecule has 2 aromatic rings. The summed E-state index contributed by atoms with van der Waals surface area (Å²) in [5.41, 5.74) is 0.802. The molecule has 9 heteroatoms. The Balaban J connectivity index is 2.33. The van der Waals surface area contributed by atoms with Crippen molar-refractivity contribution >= 4 is 21.7 Å². The van der Waals surface area contributed by atoms with Gasteiger partial charge in [0.25, 0.3) is 10.0 Å². The number of rotatable bonds is 6. The number of fused-ring (bicyclic) bond motifs is 1. The Bertz CT molecular complexity index is 989. The highest BCUT2D eigenvalue weighted by Crippen LogP contribution is 2.54. The lowest BCUT2D eigenvalue weighted by molar-refractivity contribution is -0.141. The van der Waals surface area contributed by atoms with Crippen molar-refractivity contribution in [2.24, 2.45) is 0 Å². The first-order chi connectivity index (χ1) is 13.4. The van der Waals surface area contributed by atoms with Gasteiger partial charge in [-0.1, -0.05) is 18.2 Å². The van der Waals surface area contributed by atoms with Gasteiger partial charge >= 0.3 is 5.97 Å². The van der Waals surface area contributed by atoms with Gasteiger partial charge in [-0.3, -0.25) is 9.10 Å². The fourth-order valence-electron chi connectivity index (χ4n) is 3.38. The first kappa shape index (κ1) is 19.8. The molecule has 0 spiro atoms. The van der Waals surface area contributed by atoms with Crippen LogP contribution in [0.15, 0.2) is 41.3 Å². The summed E-state index contributed by atoms with van der Waals surface area (Å²) in [5, 5.41) is 0. The Labute approximate surface area is 163 Å². The molecule has 1 aliphatic heterocycles. The topological polar surface area (TPSA) is 91.4 Å². The van der Waals surface area contributed by atoms with Crippen LogP contribution in [0.2, 0.25) is 0 Å². The van der Waals surface area contributed by atoms with Gasteiger partial charge in [0.1, 0.15) is 4.90 Å². The van der Waals surface area contributed by atoms with Crippen molar-refractivity contribution in [1.82, 2.24) is 0 Å². The summed E-state index contributed by atoms with van der Waals surface area (Å²) < 4.78 is 49.1. The average Bonchev–Trinajstić information content (AvgIpc) is 2.93. The summed E-state index contributed by atoms with van der Waals surface area (Å²) >= 11 is 0. The first-order valence-corrected chi connectivity index (χ1v) is 9.83. The second-order valence-corrected chi connectivity index (χ2v) is 7.75. The summed E-state index contributed by atoms with van der Waals surface area (Å²) in [6, 6.07) is 9.29. The number of esters is 1. The zero-order valence-electron chi connectivity index (χ0n) is 16.0. The summed E-state index contributed by atoms with van der Waals surface area (Å²) in [4.78, 5) is 12.0. The van der Waals surface area contributed by atoms with E-state index in [1.54, 1.807) is 36.4 Å². The third-order valence-electron chi connectivity index (χ3n) is 4.57. The van der Waals surface area contributed by atoms with E-state index >= 15 is 0 Å². The molecule has 0 amide bonds. The van der Waals surface area contributed by atoms with E-state index in [0.717, 1.165) is 0 Å².